The second kappa shape index (κ2) is 11.4. The van der Waals surface area contributed by atoms with Gasteiger partial charge >= 0.3 is 0 Å². The van der Waals surface area contributed by atoms with Crippen molar-refractivity contribution in [1.82, 2.24) is 15.2 Å². The highest BCUT2D eigenvalue weighted by Gasteiger charge is 2.53. The van der Waals surface area contributed by atoms with E-state index in [1.165, 1.54) is 10.4 Å². The van der Waals surface area contributed by atoms with E-state index in [4.69, 9.17) is 9.72 Å². The van der Waals surface area contributed by atoms with Gasteiger partial charge in [0.15, 0.2) is 5.13 Å². The highest BCUT2D eigenvalue weighted by Crippen LogP contribution is 2.57. The van der Waals surface area contributed by atoms with Crippen molar-refractivity contribution >= 4 is 22.4 Å². The zero-order chi connectivity index (χ0) is 26.0. The molecule has 1 unspecified atom stereocenters. The predicted octanol–water partition coefficient (Wildman–Crippen LogP) is 3.89. The van der Waals surface area contributed by atoms with Crippen LogP contribution in [0.1, 0.15) is 55.7 Å². The van der Waals surface area contributed by atoms with Crippen LogP contribution in [0.2, 0.25) is 0 Å². The average molecular weight is 527 g/mol. The van der Waals surface area contributed by atoms with Crippen LogP contribution in [0, 0.1) is 23.2 Å². The monoisotopic (exact) mass is 526 g/mol. The Labute approximate surface area is 225 Å². The van der Waals surface area contributed by atoms with E-state index < -0.39 is 6.10 Å². The number of fused-ring (bicyclic) bond motifs is 2. The zero-order valence-corrected chi connectivity index (χ0v) is 23.2. The van der Waals surface area contributed by atoms with Gasteiger partial charge in [-0.25, -0.2) is 4.98 Å². The number of ether oxygens (including phenoxy) is 1. The molecule has 1 aliphatic heterocycles. The Hall–Kier alpha value is -2.00. The molecule has 0 radical (unpaired) electrons. The van der Waals surface area contributed by atoms with Crippen molar-refractivity contribution in [3.63, 3.8) is 0 Å². The van der Waals surface area contributed by atoms with Crippen molar-refractivity contribution in [2.45, 2.75) is 58.6 Å². The van der Waals surface area contributed by atoms with Crippen LogP contribution in [0.3, 0.4) is 0 Å². The van der Waals surface area contributed by atoms with Gasteiger partial charge in [-0.05, 0) is 42.1 Å². The maximum atomic E-state index is 13.1. The summed E-state index contributed by atoms with van der Waals surface area (Å²) in [7, 11) is 0. The number of morpholine rings is 1. The molecule has 202 valence electrons. The van der Waals surface area contributed by atoms with Crippen molar-refractivity contribution < 1.29 is 14.6 Å². The van der Waals surface area contributed by atoms with Crippen molar-refractivity contribution in [3.8, 4) is 0 Å². The van der Waals surface area contributed by atoms with E-state index in [0.29, 0.717) is 6.54 Å². The number of hydrogen-bond donors (Lipinski definition) is 3. The van der Waals surface area contributed by atoms with Gasteiger partial charge in [0, 0.05) is 49.4 Å². The number of aliphatic hydroxyl groups is 1. The Morgan fingerprint density at radius 3 is 2.81 bits per heavy atom. The maximum Gasteiger partial charge on any atom is 0.223 e. The fraction of sp³-hybridized carbons (Fsp3) is 0.655. The average Bonchev–Trinajstić information content (AvgIpc) is 3.31. The summed E-state index contributed by atoms with van der Waals surface area (Å²) in [5, 5.41) is 19.3. The highest BCUT2D eigenvalue weighted by atomic mass is 32.1. The molecule has 5 rings (SSSR count). The first kappa shape index (κ1) is 26.6. The topological polar surface area (TPSA) is 86.7 Å². The Morgan fingerprint density at radius 2 is 2.05 bits per heavy atom. The number of nitrogens with zero attached hydrogens (tertiary/aromatic N) is 2. The van der Waals surface area contributed by atoms with E-state index in [1.54, 1.807) is 11.3 Å². The van der Waals surface area contributed by atoms with E-state index in [0.717, 1.165) is 69.5 Å². The third-order valence-electron chi connectivity index (χ3n) is 9.10. The van der Waals surface area contributed by atoms with Crippen molar-refractivity contribution in [1.29, 1.82) is 0 Å². The summed E-state index contributed by atoms with van der Waals surface area (Å²) in [6.07, 6.45) is 2.35. The molecule has 1 aromatic carbocycles. The minimum Gasteiger partial charge on any atom is -0.392 e. The van der Waals surface area contributed by atoms with Gasteiger partial charge in [-0.3, -0.25) is 9.69 Å². The molecule has 2 aromatic rings. The molecule has 1 saturated carbocycles. The van der Waals surface area contributed by atoms with E-state index in [-0.39, 0.29) is 35.0 Å². The smallest absolute Gasteiger partial charge is 0.223 e. The molecule has 2 fully saturated rings. The van der Waals surface area contributed by atoms with Gasteiger partial charge in [0.1, 0.15) is 0 Å². The Kier molecular flexibility index (Phi) is 8.19. The summed E-state index contributed by atoms with van der Waals surface area (Å²) in [5.41, 5.74) is 2.39. The first-order valence-electron chi connectivity index (χ1n) is 13.9. The lowest BCUT2D eigenvalue weighted by Gasteiger charge is -2.53. The highest BCUT2D eigenvalue weighted by molar-refractivity contribution is 7.15. The number of thiazole rings is 1. The number of nitrogens with one attached hydrogen (secondary N) is 2. The summed E-state index contributed by atoms with van der Waals surface area (Å²) in [6, 6.07) is 10.4. The van der Waals surface area contributed by atoms with E-state index >= 15 is 0 Å². The molecule has 8 heteroatoms. The molecule has 2 aliphatic carbocycles. The summed E-state index contributed by atoms with van der Waals surface area (Å²) in [6.45, 7) is 12.2. The van der Waals surface area contributed by atoms with Gasteiger partial charge in [0.05, 0.1) is 25.0 Å². The minimum absolute atomic E-state index is 0.0259. The molecule has 2 heterocycles. The molecule has 0 bridgehead atoms. The van der Waals surface area contributed by atoms with E-state index in [1.807, 2.05) is 13.0 Å². The lowest BCUT2D eigenvalue weighted by molar-refractivity contribution is -0.134. The van der Waals surface area contributed by atoms with Gasteiger partial charge in [-0.2, -0.15) is 0 Å². The molecule has 37 heavy (non-hydrogen) atoms. The number of hydrogen-bond acceptors (Lipinski definition) is 7. The molecule has 1 saturated heterocycles. The molecular formula is C29H42N4O3S. The second-order valence-electron chi connectivity index (χ2n) is 11.5. The number of benzene rings is 1. The van der Waals surface area contributed by atoms with Crippen molar-refractivity contribution in [3.05, 3.63) is 46.5 Å². The zero-order valence-electron chi connectivity index (χ0n) is 22.4. The second-order valence-corrected chi connectivity index (χ2v) is 12.6. The minimum atomic E-state index is -0.510. The number of aromatic nitrogens is 1. The first-order chi connectivity index (χ1) is 17.9. The number of anilines is 1. The van der Waals surface area contributed by atoms with Crippen molar-refractivity contribution in [2.24, 2.45) is 23.2 Å². The Balaban J connectivity index is 1.22. The van der Waals surface area contributed by atoms with Crippen LogP contribution in [0.25, 0.3) is 0 Å². The fourth-order valence-corrected chi connectivity index (χ4v) is 8.17. The summed E-state index contributed by atoms with van der Waals surface area (Å²) >= 11 is 1.77. The van der Waals surface area contributed by atoms with Gasteiger partial charge < -0.3 is 20.5 Å². The van der Waals surface area contributed by atoms with Crippen LogP contribution < -0.4 is 10.6 Å². The van der Waals surface area contributed by atoms with Crippen LogP contribution in [-0.4, -0.2) is 66.4 Å². The van der Waals surface area contributed by atoms with E-state index in [2.05, 4.69) is 53.6 Å². The molecule has 3 N–H and O–H groups in total. The van der Waals surface area contributed by atoms with Crippen LogP contribution in [-0.2, 0) is 22.5 Å². The summed E-state index contributed by atoms with van der Waals surface area (Å²) in [4.78, 5) is 21.7. The van der Waals surface area contributed by atoms with Crippen LogP contribution in [0.15, 0.2) is 30.3 Å². The normalized spacial score (nSPS) is 30.7. The maximum absolute atomic E-state index is 13.1. The number of aliphatic hydroxyl groups excluding tert-OH is 1. The number of carbonyl (C=O) groups is 1. The van der Waals surface area contributed by atoms with Crippen molar-refractivity contribution in [2.75, 3.05) is 44.7 Å². The van der Waals surface area contributed by atoms with Gasteiger partial charge in [-0.1, -0.05) is 51.1 Å². The Bertz CT molecular complexity index is 1060. The van der Waals surface area contributed by atoms with Gasteiger partial charge in [0.25, 0.3) is 0 Å². The number of carbonyl (C=O) groups excluding carboxylic acids is 1. The van der Waals surface area contributed by atoms with E-state index in [9.17, 15) is 9.90 Å². The first-order valence-corrected chi connectivity index (χ1v) is 14.7. The van der Waals surface area contributed by atoms with Gasteiger partial charge in [-0.15, -0.1) is 11.3 Å². The third-order valence-corrected chi connectivity index (χ3v) is 10.1. The molecule has 0 spiro atoms. The van der Waals surface area contributed by atoms with Crippen LogP contribution >= 0.6 is 11.3 Å². The van der Waals surface area contributed by atoms with Gasteiger partial charge in [0.2, 0.25) is 5.91 Å². The Morgan fingerprint density at radius 1 is 1.30 bits per heavy atom. The third kappa shape index (κ3) is 5.72. The molecule has 1 aromatic heterocycles. The predicted molar refractivity (Wildman–Crippen MR) is 148 cm³/mol. The molecule has 7 nitrogen and oxygen atoms in total. The fourth-order valence-electron chi connectivity index (χ4n) is 6.91. The summed E-state index contributed by atoms with van der Waals surface area (Å²) < 4.78 is 5.41. The number of rotatable bonds is 8. The molecule has 3 aliphatic rings. The van der Waals surface area contributed by atoms with Crippen LogP contribution in [0.4, 0.5) is 5.13 Å². The lowest BCUT2D eigenvalue weighted by Crippen LogP contribution is -2.53. The SMILES string of the molecule is C[C@H](C(=O)NCCN1CCOCC1)C1CC[C@@]2(C)Cc3sc(NCc4ccccc4)nc3[C@@H](C)[C@@H]2[C@H]1O. The largest absolute Gasteiger partial charge is 0.392 e. The quantitative estimate of drug-likeness (QED) is 0.484. The standard InChI is InChI=1S/C29H42N4O3S/c1-19(27(35)30-11-12-33-13-15-36-16-14-33)22-9-10-29(3)17-23-25(20(2)24(29)26(22)34)32-28(37-23)31-18-21-7-5-4-6-8-21/h4-8,19-20,22,24,26,34H,9-18H2,1-3H3,(H,30,35)(H,31,32)/t19-,20-,22?,24+,26-,29-/m0/s1. The molecular weight excluding hydrogens is 484 g/mol. The summed E-state index contributed by atoms with van der Waals surface area (Å²) in [5.74, 6) is 0.0837. The molecule has 1 amide bonds. The lowest BCUT2D eigenvalue weighted by atomic mass is 9.53. The molecule has 6 atom stereocenters. The number of amides is 1. The van der Waals surface area contributed by atoms with Crippen LogP contribution in [0.5, 0.6) is 0 Å².